The zero-order valence-electron chi connectivity index (χ0n) is 20.0. The van der Waals surface area contributed by atoms with E-state index >= 15 is 0 Å². The summed E-state index contributed by atoms with van der Waals surface area (Å²) in [4.78, 5) is 27.4. The van der Waals surface area contributed by atoms with Crippen LogP contribution in [-0.2, 0) is 12.8 Å². The highest BCUT2D eigenvalue weighted by Gasteiger charge is 2.42. The van der Waals surface area contributed by atoms with Gasteiger partial charge in [-0.05, 0) is 54.7 Å². The van der Waals surface area contributed by atoms with Gasteiger partial charge in [0.15, 0.2) is 5.78 Å². The molecule has 36 heavy (non-hydrogen) atoms. The van der Waals surface area contributed by atoms with E-state index in [0.717, 1.165) is 11.1 Å². The van der Waals surface area contributed by atoms with Gasteiger partial charge in [-0.3, -0.25) is 4.79 Å². The number of hydrogen-bond donors (Lipinski definition) is 3. The Labute approximate surface area is 210 Å². The van der Waals surface area contributed by atoms with Crippen molar-refractivity contribution >= 4 is 11.8 Å². The Kier molecular flexibility index (Phi) is 8.46. The molecule has 0 spiro atoms. The van der Waals surface area contributed by atoms with Crippen molar-refractivity contribution in [2.24, 2.45) is 0 Å². The average molecular weight is 491 g/mol. The maximum atomic E-state index is 13.4. The monoisotopic (exact) mass is 490 g/mol. The van der Waals surface area contributed by atoms with Crippen molar-refractivity contribution in [1.29, 1.82) is 0 Å². The third-order valence-electron chi connectivity index (χ3n) is 6.68. The lowest BCUT2D eigenvalue weighted by molar-refractivity contribution is -0.0296. The molecule has 1 aliphatic heterocycles. The Morgan fingerprint density at radius 3 is 2.03 bits per heavy atom. The smallest absolute Gasteiger partial charge is 0.318 e. The summed E-state index contributed by atoms with van der Waals surface area (Å²) in [5, 5.41) is 25.2. The first-order chi connectivity index (χ1) is 17.4. The van der Waals surface area contributed by atoms with E-state index in [0.29, 0.717) is 24.8 Å². The average Bonchev–Trinajstić information content (AvgIpc) is 2.97. The first-order valence-corrected chi connectivity index (χ1v) is 12.2. The number of urea groups is 1. The maximum Gasteiger partial charge on any atom is 0.318 e. The Bertz CT molecular complexity index is 1140. The Morgan fingerprint density at radius 2 is 1.42 bits per heavy atom. The topological polar surface area (TPSA) is 89.9 Å². The van der Waals surface area contributed by atoms with E-state index < -0.39 is 30.1 Å². The molecule has 4 atom stereocenters. The van der Waals surface area contributed by atoms with Gasteiger partial charge in [0.2, 0.25) is 0 Å². The number of nitrogens with zero attached hydrogens (tertiary/aromatic N) is 1. The molecule has 0 saturated carbocycles. The number of hydrogen-bond acceptors (Lipinski definition) is 4. The predicted octanol–water partition coefficient (Wildman–Crippen LogP) is 3.76. The summed E-state index contributed by atoms with van der Waals surface area (Å²) >= 11 is 0. The Morgan fingerprint density at radius 1 is 0.833 bits per heavy atom. The van der Waals surface area contributed by atoms with Gasteiger partial charge in [0.05, 0.1) is 12.1 Å². The number of aliphatic hydroxyl groups excluding tert-OH is 2. The number of ketones is 1. The predicted molar refractivity (Wildman–Crippen MR) is 135 cm³/mol. The fourth-order valence-electron chi connectivity index (χ4n) is 4.71. The molecular weight excluding hydrogens is 459 g/mol. The second-order valence-corrected chi connectivity index (χ2v) is 9.21. The van der Waals surface area contributed by atoms with Crippen LogP contribution in [0.2, 0.25) is 0 Å². The highest BCUT2D eigenvalue weighted by atomic mass is 19.1. The summed E-state index contributed by atoms with van der Waals surface area (Å²) < 4.78 is 13.2. The van der Waals surface area contributed by atoms with Crippen LogP contribution in [0.3, 0.4) is 0 Å². The molecule has 6 nitrogen and oxygen atoms in total. The van der Waals surface area contributed by atoms with E-state index in [-0.39, 0.29) is 24.8 Å². The van der Waals surface area contributed by atoms with Gasteiger partial charge in [0.1, 0.15) is 18.0 Å². The van der Waals surface area contributed by atoms with Crippen LogP contribution >= 0.6 is 0 Å². The second-order valence-electron chi connectivity index (χ2n) is 9.21. The van der Waals surface area contributed by atoms with Crippen molar-refractivity contribution in [3.8, 4) is 0 Å². The normalized spacial score (nSPS) is 22.1. The second kappa shape index (κ2) is 11.9. The molecule has 2 amide bonds. The van der Waals surface area contributed by atoms with Gasteiger partial charge in [0.25, 0.3) is 0 Å². The number of rotatable bonds is 9. The number of Topliss-reactive ketones (excluding diaryl/α,β-unsaturated/α-hetero) is 1. The lowest BCUT2D eigenvalue weighted by Crippen LogP contribution is -2.51. The van der Waals surface area contributed by atoms with Crippen LogP contribution in [0, 0.1) is 5.82 Å². The van der Waals surface area contributed by atoms with E-state index in [1.807, 2.05) is 60.7 Å². The largest absolute Gasteiger partial charge is 0.388 e. The lowest BCUT2D eigenvalue weighted by atomic mass is 9.91. The van der Waals surface area contributed by atoms with Crippen LogP contribution in [-0.4, -0.2) is 57.8 Å². The molecule has 1 heterocycles. The third-order valence-corrected chi connectivity index (χ3v) is 6.68. The van der Waals surface area contributed by atoms with Crippen molar-refractivity contribution in [1.82, 2.24) is 10.2 Å². The van der Waals surface area contributed by atoms with Crippen LogP contribution < -0.4 is 5.32 Å². The van der Waals surface area contributed by atoms with Crippen molar-refractivity contribution < 1.29 is 24.2 Å². The molecule has 1 saturated heterocycles. The summed E-state index contributed by atoms with van der Waals surface area (Å²) in [5.41, 5.74) is 2.28. The molecule has 0 bridgehead atoms. The molecular formula is C29H31FN2O4. The van der Waals surface area contributed by atoms with Gasteiger partial charge in [-0.1, -0.05) is 60.7 Å². The minimum atomic E-state index is -1.19. The van der Waals surface area contributed by atoms with Crippen LogP contribution in [0.5, 0.6) is 0 Å². The summed E-state index contributed by atoms with van der Waals surface area (Å²) in [6, 6.07) is 22.7. The highest BCUT2D eigenvalue weighted by Crippen LogP contribution is 2.23. The number of carbonyl (C=O) groups is 2. The van der Waals surface area contributed by atoms with E-state index in [4.69, 9.17) is 0 Å². The minimum Gasteiger partial charge on any atom is -0.388 e. The summed E-state index contributed by atoms with van der Waals surface area (Å²) in [6.07, 6.45) is -1.10. The van der Waals surface area contributed by atoms with Crippen molar-refractivity contribution in [3.05, 3.63) is 107 Å². The molecule has 0 radical (unpaired) electrons. The third kappa shape index (κ3) is 6.36. The first kappa shape index (κ1) is 25.5. The number of halogens is 1. The van der Waals surface area contributed by atoms with Crippen LogP contribution in [0.25, 0.3) is 0 Å². The minimum absolute atomic E-state index is 0.146. The molecule has 188 valence electrons. The fraction of sp³-hybridized carbons (Fsp3) is 0.310. The molecule has 1 fully saturated rings. The number of carbonyl (C=O) groups excluding carboxylic acids is 2. The van der Waals surface area contributed by atoms with Crippen LogP contribution in [0.15, 0.2) is 84.9 Å². The van der Waals surface area contributed by atoms with E-state index in [9.17, 15) is 24.2 Å². The molecule has 0 unspecified atom stereocenters. The summed E-state index contributed by atoms with van der Waals surface area (Å²) in [5.74, 6) is -0.554. The molecule has 7 heteroatoms. The zero-order chi connectivity index (χ0) is 25.5. The molecule has 1 aliphatic rings. The molecule has 3 aromatic rings. The van der Waals surface area contributed by atoms with Gasteiger partial charge in [-0.25, -0.2) is 9.18 Å². The first-order valence-electron chi connectivity index (χ1n) is 12.2. The maximum absolute atomic E-state index is 13.4. The number of nitrogens with one attached hydrogen (secondary N) is 1. The Hall–Kier alpha value is -3.55. The lowest BCUT2D eigenvalue weighted by Gasteiger charge is -2.33. The van der Waals surface area contributed by atoms with E-state index in [1.165, 1.54) is 29.2 Å². The molecule has 3 N–H and O–H groups in total. The summed E-state index contributed by atoms with van der Waals surface area (Å²) in [7, 11) is 0. The van der Waals surface area contributed by atoms with Gasteiger partial charge < -0.3 is 20.4 Å². The molecule has 4 rings (SSSR count). The quantitative estimate of drug-likeness (QED) is 0.399. The Balaban J connectivity index is 1.51. The van der Waals surface area contributed by atoms with Crippen molar-refractivity contribution in [2.45, 2.75) is 50.0 Å². The molecule has 3 aromatic carbocycles. The number of benzene rings is 3. The zero-order valence-corrected chi connectivity index (χ0v) is 20.0. The number of amides is 2. The standard InChI is InChI=1S/C29H31FN2O4/c30-23-15-13-22(14-16-23)26(33)12-7-17-32-25(19-21-10-5-2-6-11-21)28(35)27(34)24(31-29(32)36)18-20-8-3-1-4-9-20/h1-6,8-11,13-16,24-25,27-28,34-35H,7,12,17-19H2,(H,31,36)/t24-,25-,27+,28+/m1/s1. The van der Waals surface area contributed by atoms with E-state index in [1.54, 1.807) is 0 Å². The van der Waals surface area contributed by atoms with E-state index in [2.05, 4.69) is 5.32 Å². The number of aliphatic hydroxyl groups is 2. The van der Waals surface area contributed by atoms with Crippen LogP contribution in [0.4, 0.5) is 9.18 Å². The summed E-state index contributed by atoms with van der Waals surface area (Å²) in [6.45, 7) is 0.220. The van der Waals surface area contributed by atoms with Crippen molar-refractivity contribution in [3.63, 3.8) is 0 Å². The van der Waals surface area contributed by atoms with Gasteiger partial charge >= 0.3 is 6.03 Å². The molecule has 0 aliphatic carbocycles. The fourth-order valence-corrected chi connectivity index (χ4v) is 4.71. The molecule has 0 aromatic heterocycles. The van der Waals surface area contributed by atoms with Gasteiger partial charge in [-0.2, -0.15) is 0 Å². The van der Waals surface area contributed by atoms with Crippen LogP contribution in [0.1, 0.15) is 34.3 Å². The SMILES string of the molecule is O=C(CCCN1C(=O)N[C@H](Cc2ccccc2)[C@H](O)[C@@H](O)[C@H]1Cc1ccccc1)c1ccc(F)cc1. The van der Waals surface area contributed by atoms with Crippen molar-refractivity contribution in [2.75, 3.05) is 6.54 Å². The van der Waals surface area contributed by atoms with Gasteiger partial charge in [0, 0.05) is 18.5 Å². The van der Waals surface area contributed by atoms with Gasteiger partial charge in [-0.15, -0.1) is 0 Å². The highest BCUT2D eigenvalue weighted by molar-refractivity contribution is 5.96.